The zero-order valence-electron chi connectivity index (χ0n) is 21.0. The Kier molecular flexibility index (Phi) is 8.94. The van der Waals surface area contributed by atoms with Crippen molar-refractivity contribution >= 4 is 46.8 Å². The second kappa shape index (κ2) is 12.7. The third-order valence-electron chi connectivity index (χ3n) is 6.36. The molecule has 3 N–H and O–H groups in total. The number of hydrogen-bond acceptors (Lipinski definition) is 4. The molecule has 0 aliphatic rings. The fourth-order valence-electron chi connectivity index (χ4n) is 4.60. The van der Waals surface area contributed by atoms with Crippen molar-refractivity contribution in [1.82, 2.24) is 10.9 Å². The van der Waals surface area contributed by atoms with Crippen molar-refractivity contribution in [2.24, 2.45) is 5.10 Å². The third-order valence-corrected chi connectivity index (χ3v) is 11.4. The molecule has 0 saturated heterocycles. The number of nitrogens with one attached hydrogen (secondary N) is 2. The first-order chi connectivity index (χ1) is 18.5. The van der Waals surface area contributed by atoms with Crippen LogP contribution in [0.1, 0.15) is 22.8 Å². The van der Waals surface area contributed by atoms with Crippen LogP contribution >= 0.6 is 7.26 Å². The summed E-state index contributed by atoms with van der Waals surface area (Å²) in [4.78, 5) is 24.2. The number of amides is 2. The molecular weight excluding hydrogens is 493 g/mol. The molecule has 4 rings (SSSR count). The van der Waals surface area contributed by atoms with Gasteiger partial charge in [-0.1, -0.05) is 0 Å². The predicted octanol–water partition coefficient (Wildman–Crippen LogP) is 4.04. The zero-order valence-corrected chi connectivity index (χ0v) is 22.0. The van der Waals surface area contributed by atoms with Gasteiger partial charge in [-0.2, -0.15) is 0 Å². The summed E-state index contributed by atoms with van der Waals surface area (Å²) >= 11 is 0. The Bertz CT molecular complexity index is 1340. The maximum absolute atomic E-state index is 12.9. The number of nitrogens with zero attached hydrogens (tertiary/aromatic N) is 1. The van der Waals surface area contributed by atoms with Gasteiger partial charge in [0.05, 0.1) is 0 Å². The average Bonchev–Trinajstić information content (AvgIpc) is 2.99. The Balaban J connectivity index is 1.65. The van der Waals surface area contributed by atoms with Crippen LogP contribution in [0, 0.1) is 0 Å². The van der Waals surface area contributed by atoms with Gasteiger partial charge in [0.2, 0.25) is 0 Å². The Morgan fingerprint density at radius 1 is 0.789 bits per heavy atom. The van der Waals surface area contributed by atoms with Crippen LogP contribution in [-0.2, 0) is 4.79 Å². The van der Waals surface area contributed by atoms with Crippen molar-refractivity contribution in [2.75, 3.05) is 6.16 Å². The van der Waals surface area contributed by atoms with E-state index >= 15 is 0 Å². The van der Waals surface area contributed by atoms with Crippen LogP contribution in [-0.4, -0.2) is 28.9 Å². The summed E-state index contributed by atoms with van der Waals surface area (Å²) in [5.74, 6) is -0.999. The van der Waals surface area contributed by atoms with Crippen molar-refractivity contribution in [1.29, 1.82) is 0 Å². The van der Waals surface area contributed by atoms with Crippen LogP contribution in [0.25, 0.3) is 6.08 Å². The zero-order chi connectivity index (χ0) is 26.8. The first kappa shape index (κ1) is 26.7. The molecule has 0 aliphatic carbocycles. The summed E-state index contributed by atoms with van der Waals surface area (Å²) in [7, 11) is -2.52. The van der Waals surface area contributed by atoms with Gasteiger partial charge in [-0.15, -0.1) is 0 Å². The van der Waals surface area contributed by atoms with Gasteiger partial charge in [-0.05, 0) is 0 Å². The van der Waals surface area contributed by atoms with Crippen molar-refractivity contribution in [3.05, 3.63) is 132 Å². The quantitative estimate of drug-likeness (QED) is 0.102. The van der Waals surface area contributed by atoms with Crippen molar-refractivity contribution in [3.63, 3.8) is 0 Å². The van der Waals surface area contributed by atoms with Gasteiger partial charge in [0.25, 0.3) is 0 Å². The number of hydrazone groups is 1. The molecule has 38 heavy (non-hydrogen) atoms. The van der Waals surface area contributed by atoms with Crippen molar-refractivity contribution < 1.29 is 14.8 Å². The second-order valence-corrected chi connectivity index (χ2v) is 12.8. The molecule has 0 heterocycles. The van der Waals surface area contributed by atoms with E-state index in [1.54, 1.807) is 24.3 Å². The van der Waals surface area contributed by atoms with E-state index in [0.717, 1.165) is 5.71 Å². The molecule has 0 fully saturated rings. The average molecular weight is 524 g/mol. The SMILES string of the molecule is CC(C[PH](c1ccccc1)(c1ccccc1)c1ccccc1)=NNC(=O)c1cccc(/C=C/C(=O)NO)c1. The number of carbonyl (C=O) groups is 2. The first-order valence-corrected chi connectivity index (χ1v) is 14.5. The molecule has 0 radical (unpaired) electrons. The monoisotopic (exact) mass is 523 g/mol. The van der Waals surface area contributed by atoms with E-state index in [1.807, 2.05) is 25.1 Å². The fraction of sp³-hybridized carbons (Fsp3) is 0.0645. The molecule has 0 aliphatic heterocycles. The molecule has 0 saturated carbocycles. The molecule has 6 nitrogen and oxygen atoms in total. The maximum atomic E-state index is 12.9. The van der Waals surface area contributed by atoms with Crippen LogP contribution in [0.4, 0.5) is 0 Å². The molecule has 7 heteroatoms. The number of hydroxylamine groups is 1. The molecule has 0 atom stereocenters. The molecule has 4 aromatic rings. The molecule has 0 spiro atoms. The van der Waals surface area contributed by atoms with E-state index in [-0.39, 0.29) is 5.91 Å². The topological polar surface area (TPSA) is 90.8 Å². The van der Waals surface area contributed by atoms with Gasteiger partial charge in [0.15, 0.2) is 0 Å². The van der Waals surface area contributed by atoms with Gasteiger partial charge in [0, 0.05) is 0 Å². The molecule has 4 aromatic carbocycles. The standard InChI is InChI=1S/C31H30N3O3P/c1-24(32-33-31(36)26-13-11-12-25(22-26)20-21-30(35)34-37)23-38(27-14-5-2-6-15-27,28-16-7-3-8-17-28)29-18-9-4-10-19-29/h2-22,37-38H,23H2,1H3,(H,33,36)(H,34,35)/b21-20+,32-24?. The Hall–Kier alpha value is -4.38. The van der Waals surface area contributed by atoms with Gasteiger partial charge < -0.3 is 0 Å². The number of carbonyl (C=O) groups excluding carboxylic acids is 2. The number of rotatable bonds is 9. The fourth-order valence-corrected chi connectivity index (χ4v) is 9.34. The van der Waals surface area contributed by atoms with Gasteiger partial charge in [-0.25, -0.2) is 0 Å². The Labute approximate surface area is 223 Å². The van der Waals surface area contributed by atoms with E-state index in [1.165, 1.54) is 33.5 Å². The van der Waals surface area contributed by atoms with Crippen LogP contribution in [0.3, 0.4) is 0 Å². The minimum atomic E-state index is -2.52. The van der Waals surface area contributed by atoms with E-state index < -0.39 is 13.2 Å². The van der Waals surface area contributed by atoms with Crippen molar-refractivity contribution in [3.8, 4) is 0 Å². The van der Waals surface area contributed by atoms with Gasteiger partial charge in [-0.3, -0.25) is 5.21 Å². The van der Waals surface area contributed by atoms with E-state index in [2.05, 4.69) is 83.3 Å². The predicted molar refractivity (Wildman–Crippen MR) is 157 cm³/mol. The number of benzene rings is 4. The molecule has 192 valence electrons. The van der Waals surface area contributed by atoms with E-state index in [0.29, 0.717) is 17.3 Å². The van der Waals surface area contributed by atoms with Gasteiger partial charge in [0.1, 0.15) is 0 Å². The number of hydrogen-bond donors (Lipinski definition) is 3. The van der Waals surface area contributed by atoms with E-state index in [4.69, 9.17) is 5.21 Å². The summed E-state index contributed by atoms with van der Waals surface area (Å²) in [6.45, 7) is 1.95. The Morgan fingerprint density at radius 3 is 1.82 bits per heavy atom. The molecule has 0 unspecified atom stereocenters. The normalized spacial score (nSPS) is 12.2. The van der Waals surface area contributed by atoms with E-state index in [9.17, 15) is 9.59 Å². The van der Waals surface area contributed by atoms with Crippen LogP contribution < -0.4 is 26.8 Å². The molecule has 0 bridgehead atoms. The summed E-state index contributed by atoms with van der Waals surface area (Å²) < 4.78 is 0. The molecule has 2 amide bonds. The minimum absolute atomic E-state index is 0.349. The molecular formula is C31H30N3O3P. The van der Waals surface area contributed by atoms with Crippen LogP contribution in [0.2, 0.25) is 0 Å². The second-order valence-electron chi connectivity index (χ2n) is 8.90. The van der Waals surface area contributed by atoms with Crippen LogP contribution in [0.5, 0.6) is 0 Å². The first-order valence-electron chi connectivity index (χ1n) is 12.3. The summed E-state index contributed by atoms with van der Waals surface area (Å²) in [5.41, 5.74) is 6.12. The summed E-state index contributed by atoms with van der Waals surface area (Å²) in [5, 5.41) is 17.0. The molecule has 0 aromatic heterocycles. The van der Waals surface area contributed by atoms with Gasteiger partial charge >= 0.3 is 218 Å². The Morgan fingerprint density at radius 2 is 1.32 bits per heavy atom. The van der Waals surface area contributed by atoms with Crippen LogP contribution in [0.15, 0.2) is 126 Å². The third kappa shape index (κ3) is 6.30. The van der Waals surface area contributed by atoms with Crippen molar-refractivity contribution in [2.45, 2.75) is 6.92 Å². The summed E-state index contributed by atoms with van der Waals surface area (Å²) in [6, 6.07) is 38.5. The summed E-state index contributed by atoms with van der Waals surface area (Å²) in [6.07, 6.45) is 3.38.